The Morgan fingerprint density at radius 2 is 2.36 bits per heavy atom. The highest BCUT2D eigenvalue weighted by atomic mass is 14.8. The van der Waals surface area contributed by atoms with Crippen molar-refractivity contribution in [2.75, 3.05) is 7.05 Å². The van der Waals surface area contributed by atoms with Gasteiger partial charge in [0, 0.05) is 6.04 Å². The van der Waals surface area contributed by atoms with Gasteiger partial charge in [0.2, 0.25) is 0 Å². The Morgan fingerprint density at radius 1 is 1.55 bits per heavy atom. The number of nitrogens with one attached hydrogen (secondary N) is 1. The molecule has 1 heteroatoms. The minimum Gasteiger partial charge on any atom is -0.317 e. The van der Waals surface area contributed by atoms with Crippen LogP contribution in [0, 0.1) is 0 Å². The zero-order chi connectivity index (χ0) is 8.10. The zero-order valence-electron chi connectivity index (χ0n) is 7.43. The molecular formula is C10H17N. The maximum Gasteiger partial charge on any atom is 0.00730 e. The zero-order valence-corrected chi connectivity index (χ0v) is 7.43. The van der Waals surface area contributed by atoms with Crippen LogP contribution in [0.25, 0.3) is 0 Å². The van der Waals surface area contributed by atoms with Crippen molar-refractivity contribution in [3.63, 3.8) is 0 Å². The molecule has 0 saturated carbocycles. The molecule has 0 aromatic heterocycles. The molecule has 1 nitrogen and oxygen atoms in total. The average Bonchev–Trinajstić information content (AvgIpc) is 2.06. The first-order valence-corrected chi connectivity index (χ1v) is 4.33. The van der Waals surface area contributed by atoms with E-state index in [1.165, 1.54) is 6.42 Å². The van der Waals surface area contributed by atoms with Gasteiger partial charge in [-0.05, 0) is 33.2 Å². The lowest BCUT2D eigenvalue weighted by molar-refractivity contribution is 0.599. The van der Waals surface area contributed by atoms with Crippen LogP contribution in [0.3, 0.4) is 0 Å². The molecular weight excluding hydrogens is 134 g/mol. The van der Waals surface area contributed by atoms with Gasteiger partial charge in [0.1, 0.15) is 0 Å². The van der Waals surface area contributed by atoms with E-state index < -0.39 is 0 Å². The largest absolute Gasteiger partial charge is 0.317 e. The summed E-state index contributed by atoms with van der Waals surface area (Å²) in [5.41, 5.74) is 1.58. The molecule has 1 N–H and O–H groups in total. The van der Waals surface area contributed by atoms with E-state index in [9.17, 15) is 0 Å². The standard InChI is InChI=1S/C10H17N/c1-9(11-2)8-10-6-4-3-5-7-10/h3-4,7,9,11H,5-6,8H2,1-2H3. The third-order valence-corrected chi connectivity index (χ3v) is 2.15. The highest BCUT2D eigenvalue weighted by Gasteiger charge is 2.03. The summed E-state index contributed by atoms with van der Waals surface area (Å²) in [7, 11) is 2.02. The van der Waals surface area contributed by atoms with Crippen molar-refractivity contribution in [2.24, 2.45) is 0 Å². The van der Waals surface area contributed by atoms with E-state index in [-0.39, 0.29) is 0 Å². The molecule has 1 rings (SSSR count). The van der Waals surface area contributed by atoms with Crippen molar-refractivity contribution in [1.82, 2.24) is 5.32 Å². The van der Waals surface area contributed by atoms with Crippen LogP contribution in [0.15, 0.2) is 23.8 Å². The van der Waals surface area contributed by atoms with Gasteiger partial charge in [0.15, 0.2) is 0 Å². The molecule has 0 aromatic rings. The molecule has 0 radical (unpaired) electrons. The molecule has 1 aliphatic rings. The van der Waals surface area contributed by atoms with Crippen molar-refractivity contribution >= 4 is 0 Å². The third-order valence-electron chi connectivity index (χ3n) is 2.15. The van der Waals surface area contributed by atoms with Crippen molar-refractivity contribution in [2.45, 2.75) is 32.2 Å². The Labute approximate surface area is 69.2 Å². The molecule has 0 aliphatic heterocycles. The Morgan fingerprint density at radius 3 is 2.91 bits per heavy atom. The lowest BCUT2D eigenvalue weighted by Crippen LogP contribution is -2.21. The van der Waals surface area contributed by atoms with Crippen LogP contribution in [0.2, 0.25) is 0 Å². The normalized spacial score (nSPS) is 19.6. The summed E-state index contributed by atoms with van der Waals surface area (Å²) in [6.07, 6.45) is 10.3. The van der Waals surface area contributed by atoms with Crippen LogP contribution in [0.4, 0.5) is 0 Å². The van der Waals surface area contributed by atoms with Gasteiger partial charge in [-0.1, -0.05) is 23.8 Å². The predicted octanol–water partition coefficient (Wildman–Crippen LogP) is 2.26. The van der Waals surface area contributed by atoms with E-state index in [4.69, 9.17) is 0 Å². The Balaban J connectivity index is 2.31. The molecule has 1 aliphatic carbocycles. The first kappa shape index (κ1) is 8.54. The van der Waals surface area contributed by atoms with E-state index in [1.54, 1.807) is 5.57 Å². The lowest BCUT2D eigenvalue weighted by Gasteiger charge is -2.13. The molecule has 0 bridgehead atoms. The smallest absolute Gasteiger partial charge is 0.00730 e. The fourth-order valence-corrected chi connectivity index (χ4v) is 1.31. The van der Waals surface area contributed by atoms with Crippen LogP contribution >= 0.6 is 0 Å². The summed E-state index contributed by atoms with van der Waals surface area (Å²) in [6, 6.07) is 0.618. The minimum atomic E-state index is 0.618. The summed E-state index contributed by atoms with van der Waals surface area (Å²) in [5.74, 6) is 0. The molecule has 0 amide bonds. The molecule has 11 heavy (non-hydrogen) atoms. The number of allylic oxidation sites excluding steroid dienone is 3. The first-order chi connectivity index (χ1) is 5.33. The topological polar surface area (TPSA) is 12.0 Å². The SMILES string of the molecule is CNC(C)CC1=CCC=CC1. The van der Waals surface area contributed by atoms with Crippen molar-refractivity contribution < 1.29 is 0 Å². The van der Waals surface area contributed by atoms with Crippen LogP contribution in [-0.2, 0) is 0 Å². The van der Waals surface area contributed by atoms with Crippen LogP contribution in [0.5, 0.6) is 0 Å². The van der Waals surface area contributed by atoms with Gasteiger partial charge >= 0.3 is 0 Å². The molecule has 62 valence electrons. The second-order valence-electron chi connectivity index (χ2n) is 3.17. The third kappa shape index (κ3) is 2.89. The van der Waals surface area contributed by atoms with Gasteiger partial charge in [0.25, 0.3) is 0 Å². The average molecular weight is 151 g/mol. The second-order valence-corrected chi connectivity index (χ2v) is 3.17. The first-order valence-electron chi connectivity index (χ1n) is 4.33. The van der Waals surface area contributed by atoms with Crippen LogP contribution < -0.4 is 5.32 Å². The van der Waals surface area contributed by atoms with E-state index in [0.29, 0.717) is 6.04 Å². The monoisotopic (exact) mass is 151 g/mol. The molecule has 0 aromatic carbocycles. The minimum absolute atomic E-state index is 0.618. The van der Waals surface area contributed by atoms with Gasteiger partial charge in [-0.15, -0.1) is 0 Å². The fraction of sp³-hybridized carbons (Fsp3) is 0.600. The molecule has 1 atom stereocenters. The van der Waals surface area contributed by atoms with Gasteiger partial charge in [0.05, 0.1) is 0 Å². The van der Waals surface area contributed by atoms with E-state index >= 15 is 0 Å². The number of hydrogen-bond donors (Lipinski definition) is 1. The molecule has 0 fully saturated rings. The highest BCUT2D eigenvalue weighted by molar-refractivity contribution is 5.15. The van der Waals surface area contributed by atoms with Gasteiger partial charge in [-0.3, -0.25) is 0 Å². The van der Waals surface area contributed by atoms with Crippen LogP contribution in [-0.4, -0.2) is 13.1 Å². The van der Waals surface area contributed by atoms with Crippen LogP contribution in [0.1, 0.15) is 26.2 Å². The number of rotatable bonds is 3. The van der Waals surface area contributed by atoms with Crippen molar-refractivity contribution in [1.29, 1.82) is 0 Å². The van der Waals surface area contributed by atoms with E-state index in [1.807, 2.05) is 7.05 Å². The summed E-state index contributed by atoms with van der Waals surface area (Å²) in [6.45, 7) is 2.22. The number of hydrogen-bond acceptors (Lipinski definition) is 1. The molecule has 1 unspecified atom stereocenters. The van der Waals surface area contributed by atoms with Gasteiger partial charge in [-0.2, -0.15) is 0 Å². The quantitative estimate of drug-likeness (QED) is 0.610. The van der Waals surface area contributed by atoms with Crippen molar-refractivity contribution in [3.8, 4) is 0 Å². The van der Waals surface area contributed by atoms with Gasteiger partial charge < -0.3 is 5.32 Å². The molecule has 0 heterocycles. The van der Waals surface area contributed by atoms with Crippen molar-refractivity contribution in [3.05, 3.63) is 23.8 Å². The maximum absolute atomic E-state index is 3.25. The second kappa shape index (κ2) is 4.35. The molecule has 0 saturated heterocycles. The Kier molecular flexibility index (Phi) is 3.37. The maximum atomic E-state index is 3.25. The Hall–Kier alpha value is -0.560. The fourth-order valence-electron chi connectivity index (χ4n) is 1.31. The summed E-state index contributed by atoms with van der Waals surface area (Å²) < 4.78 is 0. The van der Waals surface area contributed by atoms with E-state index in [0.717, 1.165) is 12.8 Å². The molecule has 0 spiro atoms. The summed E-state index contributed by atoms with van der Waals surface area (Å²) in [4.78, 5) is 0. The lowest BCUT2D eigenvalue weighted by atomic mass is 9.99. The summed E-state index contributed by atoms with van der Waals surface area (Å²) in [5, 5.41) is 3.25. The van der Waals surface area contributed by atoms with E-state index in [2.05, 4.69) is 30.5 Å². The summed E-state index contributed by atoms with van der Waals surface area (Å²) >= 11 is 0. The van der Waals surface area contributed by atoms with Gasteiger partial charge in [-0.25, -0.2) is 0 Å². The Bertz CT molecular complexity index is 168. The highest BCUT2D eigenvalue weighted by Crippen LogP contribution is 2.15. The predicted molar refractivity (Wildman–Crippen MR) is 49.6 cm³/mol.